The summed E-state index contributed by atoms with van der Waals surface area (Å²) in [6.07, 6.45) is 26.1. The molecule has 2 N–H and O–H groups in total. The summed E-state index contributed by atoms with van der Waals surface area (Å²) in [7, 11) is 2.04. The molecule has 274 valence electrons. The summed E-state index contributed by atoms with van der Waals surface area (Å²) in [5.74, 6) is 4.42. The number of hydrogen-bond donors (Lipinski definition) is 2. The number of hydrogen-bond acceptors (Lipinski definition) is 5. The van der Waals surface area contributed by atoms with Gasteiger partial charge in [0.1, 0.15) is 0 Å². The molecule has 0 aliphatic carbocycles. The van der Waals surface area contributed by atoms with Crippen molar-refractivity contribution in [2.45, 2.75) is 155 Å². The van der Waals surface area contributed by atoms with Gasteiger partial charge >= 0.3 is 12.2 Å². The second kappa shape index (κ2) is 35.5. The Kier molecular flexibility index (Phi) is 34.9. The smallest absolute Gasteiger partial charge is 0.407 e. The first kappa shape index (κ1) is 45.2. The van der Waals surface area contributed by atoms with Gasteiger partial charge in [-0.1, -0.05) is 117 Å². The molecular weight excluding hydrogens is 615 g/mol. The van der Waals surface area contributed by atoms with E-state index in [-0.39, 0.29) is 0 Å². The molecular formula is C37H75N3O4S2. The van der Waals surface area contributed by atoms with Gasteiger partial charge in [-0.25, -0.2) is 9.59 Å². The Morgan fingerprint density at radius 1 is 0.413 bits per heavy atom. The summed E-state index contributed by atoms with van der Waals surface area (Å²) in [6.45, 7) is 8.49. The van der Waals surface area contributed by atoms with E-state index in [1.807, 2.05) is 30.6 Å². The minimum atomic E-state index is -0.824. The van der Waals surface area contributed by atoms with E-state index in [1.54, 1.807) is 9.80 Å². The van der Waals surface area contributed by atoms with Crippen LogP contribution >= 0.6 is 23.5 Å². The molecule has 0 bridgehead atoms. The van der Waals surface area contributed by atoms with Crippen LogP contribution in [0.15, 0.2) is 0 Å². The zero-order valence-corrected chi connectivity index (χ0v) is 32.1. The first-order valence-electron chi connectivity index (χ1n) is 19.2. The van der Waals surface area contributed by atoms with Crippen LogP contribution < -0.4 is 0 Å². The maximum atomic E-state index is 11.7. The summed E-state index contributed by atoms with van der Waals surface area (Å²) in [5.41, 5.74) is 0. The van der Waals surface area contributed by atoms with Gasteiger partial charge in [0.15, 0.2) is 0 Å². The number of thioether (sulfide) groups is 2. The van der Waals surface area contributed by atoms with Gasteiger partial charge in [-0.3, -0.25) is 0 Å². The second-order valence-corrected chi connectivity index (χ2v) is 15.6. The maximum absolute atomic E-state index is 11.7. The molecule has 0 fully saturated rings. The molecule has 0 aromatic heterocycles. The monoisotopic (exact) mass is 690 g/mol. The Morgan fingerprint density at radius 2 is 0.696 bits per heavy atom. The fraction of sp³-hybridized carbons (Fsp3) is 0.946. The average Bonchev–Trinajstić information content (AvgIpc) is 3.03. The van der Waals surface area contributed by atoms with Crippen LogP contribution in [0, 0.1) is 0 Å². The largest absolute Gasteiger partial charge is 0.465 e. The van der Waals surface area contributed by atoms with Gasteiger partial charge in [-0.2, -0.15) is 23.5 Å². The molecule has 7 nitrogen and oxygen atoms in total. The number of nitrogens with zero attached hydrogens (tertiary/aromatic N) is 3. The van der Waals surface area contributed by atoms with Crippen molar-refractivity contribution in [1.82, 2.24) is 14.7 Å². The number of amides is 2. The lowest BCUT2D eigenvalue weighted by atomic mass is 10.1. The fourth-order valence-corrected chi connectivity index (χ4v) is 7.62. The van der Waals surface area contributed by atoms with E-state index >= 15 is 0 Å². The van der Waals surface area contributed by atoms with Crippen LogP contribution in [0.2, 0.25) is 0 Å². The van der Waals surface area contributed by atoms with Crippen molar-refractivity contribution < 1.29 is 19.8 Å². The Bertz CT molecular complexity index is 621. The highest BCUT2D eigenvalue weighted by molar-refractivity contribution is 7.99. The molecule has 0 spiro atoms. The first-order valence-corrected chi connectivity index (χ1v) is 21.5. The minimum Gasteiger partial charge on any atom is -0.465 e. The van der Waals surface area contributed by atoms with Crippen LogP contribution in [0.1, 0.15) is 155 Å². The fourth-order valence-electron chi connectivity index (χ4n) is 5.73. The third-order valence-corrected chi connectivity index (χ3v) is 11.0. The summed E-state index contributed by atoms with van der Waals surface area (Å²) >= 11 is 3.92. The molecule has 0 unspecified atom stereocenters. The molecule has 0 rings (SSSR count). The van der Waals surface area contributed by atoms with Crippen LogP contribution in [0.25, 0.3) is 0 Å². The molecule has 2 amide bonds. The predicted molar refractivity (Wildman–Crippen MR) is 204 cm³/mol. The number of rotatable bonds is 36. The molecule has 46 heavy (non-hydrogen) atoms. The van der Waals surface area contributed by atoms with Crippen molar-refractivity contribution in [2.24, 2.45) is 0 Å². The predicted octanol–water partition coefficient (Wildman–Crippen LogP) is 11.0. The van der Waals surface area contributed by atoms with Gasteiger partial charge in [0.25, 0.3) is 0 Å². The van der Waals surface area contributed by atoms with Gasteiger partial charge < -0.3 is 24.9 Å². The topological polar surface area (TPSA) is 84.3 Å². The normalized spacial score (nSPS) is 11.4. The van der Waals surface area contributed by atoms with Crippen molar-refractivity contribution in [3.05, 3.63) is 0 Å². The SMILES string of the molecule is CCCCCCCCCCCSCCCN(CCCN(C)CCCN(CCCSCCCCCCCCCCC)C(=O)O)C(=O)O. The number of unbranched alkanes of at least 4 members (excludes halogenated alkanes) is 16. The zero-order chi connectivity index (χ0) is 33.9. The Balaban J connectivity index is 3.79. The van der Waals surface area contributed by atoms with Gasteiger partial charge in [0.2, 0.25) is 0 Å². The molecule has 0 radical (unpaired) electrons. The molecule has 9 heteroatoms. The lowest BCUT2D eigenvalue weighted by molar-refractivity contribution is 0.140. The molecule has 0 atom stereocenters. The van der Waals surface area contributed by atoms with Crippen molar-refractivity contribution in [1.29, 1.82) is 0 Å². The molecule has 0 saturated carbocycles. The summed E-state index contributed by atoms with van der Waals surface area (Å²) < 4.78 is 0. The highest BCUT2D eigenvalue weighted by Gasteiger charge is 2.13. The maximum Gasteiger partial charge on any atom is 0.407 e. The van der Waals surface area contributed by atoms with E-state index in [9.17, 15) is 19.8 Å². The average molecular weight is 690 g/mol. The van der Waals surface area contributed by atoms with E-state index in [0.29, 0.717) is 26.2 Å². The van der Waals surface area contributed by atoms with Crippen molar-refractivity contribution in [3.8, 4) is 0 Å². The van der Waals surface area contributed by atoms with Gasteiger partial charge in [0.05, 0.1) is 0 Å². The van der Waals surface area contributed by atoms with Crippen LogP contribution in [-0.4, -0.2) is 106 Å². The highest BCUT2D eigenvalue weighted by Crippen LogP contribution is 2.14. The van der Waals surface area contributed by atoms with Crippen LogP contribution in [0.4, 0.5) is 9.59 Å². The molecule has 0 heterocycles. The van der Waals surface area contributed by atoms with E-state index in [4.69, 9.17) is 0 Å². The third-order valence-electron chi connectivity index (χ3n) is 8.69. The summed E-state index contributed by atoms with van der Waals surface area (Å²) in [5, 5.41) is 19.2. The van der Waals surface area contributed by atoms with Crippen molar-refractivity contribution >= 4 is 35.7 Å². The van der Waals surface area contributed by atoms with Crippen LogP contribution in [0.5, 0.6) is 0 Å². The number of carboxylic acid groups (broad SMARTS) is 2. The van der Waals surface area contributed by atoms with E-state index < -0.39 is 12.2 Å². The Hall–Kier alpha value is -0.800. The summed E-state index contributed by atoms with van der Waals surface area (Å²) in [4.78, 5) is 28.7. The minimum absolute atomic E-state index is 0.556. The van der Waals surface area contributed by atoms with Crippen molar-refractivity contribution in [3.63, 3.8) is 0 Å². The molecule has 0 aromatic carbocycles. The Morgan fingerprint density at radius 3 is 1.02 bits per heavy atom. The first-order chi connectivity index (χ1) is 22.4. The van der Waals surface area contributed by atoms with E-state index in [1.165, 1.54) is 127 Å². The molecule has 0 saturated heterocycles. The quantitative estimate of drug-likeness (QED) is 0.0633. The number of carbonyl (C=O) groups is 2. The Labute approximate surface area is 293 Å². The standard InChI is InChI=1S/C37H75N3O4S2/c1-4-6-8-10-12-14-16-18-20-32-45-34-24-30-39(36(41)42)28-22-26-38(3)27-23-29-40(37(43)44)31-25-35-46-33-21-19-17-15-13-11-9-7-5-2/h4-35H2,1-3H3,(H,41,42)(H,43,44). The molecule has 0 aliphatic heterocycles. The summed E-state index contributed by atoms with van der Waals surface area (Å²) in [6, 6.07) is 0. The van der Waals surface area contributed by atoms with Crippen molar-refractivity contribution in [2.75, 3.05) is 69.3 Å². The third kappa shape index (κ3) is 31.8. The van der Waals surface area contributed by atoms with Crippen LogP contribution in [0.3, 0.4) is 0 Å². The van der Waals surface area contributed by atoms with Crippen LogP contribution in [-0.2, 0) is 0 Å². The molecule has 0 aromatic rings. The van der Waals surface area contributed by atoms with Gasteiger partial charge in [-0.05, 0) is 81.7 Å². The van der Waals surface area contributed by atoms with Gasteiger partial charge in [-0.15, -0.1) is 0 Å². The lowest BCUT2D eigenvalue weighted by Crippen LogP contribution is -2.35. The highest BCUT2D eigenvalue weighted by atomic mass is 32.2. The second-order valence-electron chi connectivity index (χ2n) is 13.1. The van der Waals surface area contributed by atoms with E-state index in [0.717, 1.165) is 50.3 Å². The van der Waals surface area contributed by atoms with E-state index in [2.05, 4.69) is 18.7 Å². The molecule has 0 aliphatic rings. The van der Waals surface area contributed by atoms with Gasteiger partial charge in [0, 0.05) is 26.2 Å². The zero-order valence-electron chi connectivity index (χ0n) is 30.5. The lowest BCUT2D eigenvalue weighted by Gasteiger charge is -2.23.